The fourth-order valence-corrected chi connectivity index (χ4v) is 12.2. The molecule has 0 fully saturated rings. The first-order valence-electron chi connectivity index (χ1n) is 23.8. The first-order valence-corrected chi connectivity index (χ1v) is 23.8. The van der Waals surface area contributed by atoms with Crippen molar-refractivity contribution in [1.82, 2.24) is 4.57 Å². The van der Waals surface area contributed by atoms with Crippen LogP contribution >= 0.6 is 0 Å². The minimum absolute atomic E-state index is 0.0285. The van der Waals surface area contributed by atoms with Gasteiger partial charge in [-0.2, -0.15) is 0 Å². The molecule has 0 saturated heterocycles. The maximum atomic E-state index is 6.64. The Morgan fingerprint density at radius 2 is 1.20 bits per heavy atom. The predicted octanol–water partition coefficient (Wildman–Crippen LogP) is 15.3. The Labute approximate surface area is 388 Å². The summed E-state index contributed by atoms with van der Waals surface area (Å²) in [5.74, 6) is 0. The molecule has 0 atom stereocenters. The van der Waals surface area contributed by atoms with E-state index >= 15 is 0 Å². The monoisotopic (exact) mass is 853 g/mol. The molecule has 66 heavy (non-hydrogen) atoms. The molecule has 10 aromatic rings. The van der Waals surface area contributed by atoms with Crippen molar-refractivity contribution >= 4 is 73.3 Å². The molecule has 0 amide bonds. The van der Waals surface area contributed by atoms with Crippen LogP contribution in [0.15, 0.2) is 144 Å². The van der Waals surface area contributed by atoms with Gasteiger partial charge >= 0.3 is 0 Å². The van der Waals surface area contributed by atoms with E-state index < -0.39 is 0 Å². The highest BCUT2D eigenvalue weighted by Gasteiger charge is 2.44. The van der Waals surface area contributed by atoms with E-state index in [1.807, 2.05) is 0 Å². The maximum absolute atomic E-state index is 6.64. The third kappa shape index (κ3) is 5.27. The van der Waals surface area contributed by atoms with E-state index in [-0.39, 0.29) is 21.7 Å². The number of fused-ring (bicyclic) bond motifs is 15. The van der Waals surface area contributed by atoms with E-state index in [9.17, 15) is 0 Å². The Kier molecular flexibility index (Phi) is 7.78. The van der Waals surface area contributed by atoms with Crippen LogP contribution in [-0.2, 0) is 21.7 Å². The van der Waals surface area contributed by atoms with Crippen LogP contribution in [0, 0.1) is 0 Å². The number of rotatable bonds is 3. The van der Waals surface area contributed by atoms with E-state index in [1.165, 1.54) is 99.7 Å². The standard InChI is InChI=1S/C62H54BN2O/c1-59(2,3)34-23-26-36(27-24-34)64-48-32-46-40(37-17-11-14-20-44(37)61(46,7)8)30-42(48)54-53-39-19-12-15-21-45(39)62(9,10)56(53)55-43-29-35(60(4,5)6)25-28-49(43)65-50-31-41-38-18-13-16-22-51(38)66-52(41)33-47(50)63-57(54)58(55)65/h11-33,64H,1-10H3. The van der Waals surface area contributed by atoms with Crippen molar-refractivity contribution < 1.29 is 4.42 Å². The van der Waals surface area contributed by atoms with Gasteiger partial charge in [0, 0.05) is 60.5 Å². The summed E-state index contributed by atoms with van der Waals surface area (Å²) in [6, 6.07) is 52.8. The van der Waals surface area contributed by atoms with Gasteiger partial charge in [-0.05, 0) is 132 Å². The Morgan fingerprint density at radius 3 is 1.94 bits per heavy atom. The van der Waals surface area contributed by atoms with Crippen LogP contribution < -0.4 is 16.2 Å². The molecule has 3 heterocycles. The molecule has 2 aliphatic carbocycles. The molecule has 0 bridgehead atoms. The molecule has 1 aliphatic heterocycles. The lowest BCUT2D eigenvalue weighted by atomic mass is 9.57. The lowest BCUT2D eigenvalue weighted by Gasteiger charge is -2.29. The fraction of sp³-hybridized carbons (Fsp3) is 0.226. The molecule has 2 aromatic heterocycles. The topological polar surface area (TPSA) is 30.1 Å². The van der Waals surface area contributed by atoms with Gasteiger partial charge in [0.1, 0.15) is 11.2 Å². The molecule has 1 radical (unpaired) electrons. The van der Waals surface area contributed by atoms with Crippen LogP contribution in [0.25, 0.3) is 82.8 Å². The molecular formula is C62H54BN2O. The van der Waals surface area contributed by atoms with E-state index in [4.69, 9.17) is 4.42 Å². The van der Waals surface area contributed by atoms with Gasteiger partial charge in [-0.1, -0.05) is 160 Å². The fourth-order valence-electron chi connectivity index (χ4n) is 12.2. The second kappa shape index (κ2) is 13.0. The number of nitrogens with zero attached hydrogens (tertiary/aromatic N) is 1. The van der Waals surface area contributed by atoms with Crippen molar-refractivity contribution in [2.24, 2.45) is 0 Å². The van der Waals surface area contributed by atoms with Gasteiger partial charge in [0.15, 0.2) is 7.28 Å². The van der Waals surface area contributed by atoms with Crippen molar-refractivity contribution in [3.63, 3.8) is 0 Å². The molecule has 0 unspecified atom stereocenters. The third-order valence-corrected chi connectivity index (χ3v) is 15.7. The summed E-state index contributed by atoms with van der Waals surface area (Å²) in [5, 5.41) is 9.03. The predicted molar refractivity (Wildman–Crippen MR) is 281 cm³/mol. The third-order valence-electron chi connectivity index (χ3n) is 15.7. The number of nitrogens with one attached hydrogen (secondary N) is 1. The maximum Gasteiger partial charge on any atom is 0.198 e. The Balaban J connectivity index is 1.21. The molecule has 8 aromatic carbocycles. The average Bonchev–Trinajstić information content (AvgIpc) is 3.96. The second-order valence-electron chi connectivity index (χ2n) is 22.5. The second-order valence-corrected chi connectivity index (χ2v) is 22.5. The zero-order valence-corrected chi connectivity index (χ0v) is 39.7. The highest BCUT2D eigenvalue weighted by Crippen LogP contribution is 2.59. The first kappa shape index (κ1) is 39.6. The molecule has 4 heteroatoms. The summed E-state index contributed by atoms with van der Waals surface area (Å²) in [4.78, 5) is 0. The molecule has 3 aliphatic rings. The number of benzene rings is 8. The highest BCUT2D eigenvalue weighted by atomic mass is 16.3. The van der Waals surface area contributed by atoms with E-state index in [0.717, 1.165) is 38.8 Å². The number of hydrogen-bond acceptors (Lipinski definition) is 2. The molecule has 13 rings (SSSR count). The van der Waals surface area contributed by atoms with Gasteiger partial charge in [0.25, 0.3) is 0 Å². The Bertz CT molecular complexity index is 3770. The van der Waals surface area contributed by atoms with Crippen LogP contribution in [0.4, 0.5) is 11.4 Å². The smallest absolute Gasteiger partial charge is 0.198 e. The minimum atomic E-state index is -0.289. The van der Waals surface area contributed by atoms with Crippen LogP contribution in [0.2, 0.25) is 0 Å². The number of para-hydroxylation sites is 1. The molecule has 0 saturated carbocycles. The van der Waals surface area contributed by atoms with Crippen molar-refractivity contribution in [3.05, 3.63) is 173 Å². The molecule has 1 N–H and O–H groups in total. The molecular weight excluding hydrogens is 800 g/mol. The summed E-state index contributed by atoms with van der Waals surface area (Å²) in [5.41, 5.74) is 25.5. The largest absolute Gasteiger partial charge is 0.456 e. The molecule has 3 nitrogen and oxygen atoms in total. The number of hydrogen-bond donors (Lipinski definition) is 1. The summed E-state index contributed by atoms with van der Waals surface area (Å²) in [6.45, 7) is 23.5. The zero-order valence-electron chi connectivity index (χ0n) is 39.7. The van der Waals surface area contributed by atoms with E-state index in [1.54, 1.807) is 0 Å². The lowest BCUT2D eigenvalue weighted by molar-refractivity contribution is 0.590. The molecule has 321 valence electrons. The summed E-state index contributed by atoms with van der Waals surface area (Å²) < 4.78 is 9.25. The van der Waals surface area contributed by atoms with Crippen molar-refractivity contribution in [2.75, 3.05) is 5.32 Å². The van der Waals surface area contributed by atoms with Gasteiger partial charge in [0.05, 0.1) is 5.52 Å². The molecule has 0 spiro atoms. The number of anilines is 2. The highest BCUT2D eigenvalue weighted by molar-refractivity contribution is 6.74. The zero-order chi connectivity index (χ0) is 45.4. The quantitative estimate of drug-likeness (QED) is 0.180. The van der Waals surface area contributed by atoms with Crippen LogP contribution in [-0.4, -0.2) is 11.8 Å². The minimum Gasteiger partial charge on any atom is -0.456 e. The summed E-state index contributed by atoms with van der Waals surface area (Å²) >= 11 is 0. The number of furan rings is 1. The van der Waals surface area contributed by atoms with Crippen LogP contribution in [0.5, 0.6) is 0 Å². The lowest BCUT2D eigenvalue weighted by Crippen LogP contribution is -2.38. The SMILES string of the molecule is CC(C)(C)c1ccc(Nc2cc3c(cc2-c2c4c(c5c6cc(C(C)(C)C)ccc6n6c5c2[B]c2cc5oc7ccccc7c5cc2-6)C(C)(C)c2ccccc2-4)-c2ccccc2C3(C)C)cc1. The van der Waals surface area contributed by atoms with Crippen LogP contribution in [0.1, 0.15) is 103 Å². The summed E-state index contributed by atoms with van der Waals surface area (Å²) in [7, 11) is 2.49. The number of aromatic nitrogens is 1. The van der Waals surface area contributed by atoms with E-state index in [2.05, 4.69) is 226 Å². The van der Waals surface area contributed by atoms with Gasteiger partial charge in [-0.25, -0.2) is 0 Å². The van der Waals surface area contributed by atoms with Crippen molar-refractivity contribution in [3.8, 4) is 39.1 Å². The van der Waals surface area contributed by atoms with Crippen molar-refractivity contribution in [1.29, 1.82) is 0 Å². The van der Waals surface area contributed by atoms with Crippen LogP contribution in [0.3, 0.4) is 0 Å². The summed E-state index contributed by atoms with van der Waals surface area (Å²) in [6.07, 6.45) is 0. The van der Waals surface area contributed by atoms with Gasteiger partial charge < -0.3 is 14.3 Å². The Hall–Kier alpha value is -6.78. The normalized spacial score (nSPS) is 15.2. The average molecular weight is 854 g/mol. The Morgan fingerprint density at radius 1 is 0.530 bits per heavy atom. The first-order chi connectivity index (χ1) is 31.5. The van der Waals surface area contributed by atoms with Gasteiger partial charge in [0.2, 0.25) is 0 Å². The van der Waals surface area contributed by atoms with Gasteiger partial charge in [-0.3, -0.25) is 0 Å². The van der Waals surface area contributed by atoms with Crippen molar-refractivity contribution in [2.45, 2.75) is 90.9 Å². The van der Waals surface area contributed by atoms with Gasteiger partial charge in [-0.15, -0.1) is 0 Å². The van der Waals surface area contributed by atoms with E-state index in [0.29, 0.717) is 0 Å².